The number of hydrogen-bond donors (Lipinski definition) is 1. The van der Waals surface area contributed by atoms with Gasteiger partial charge in [-0.1, -0.05) is 35.3 Å². The van der Waals surface area contributed by atoms with Crippen LogP contribution in [0.4, 0.5) is 0 Å². The summed E-state index contributed by atoms with van der Waals surface area (Å²) in [6, 6.07) is 14.0. The number of carbonyl (C=O) groups is 1. The molecule has 0 spiro atoms. The first-order valence-electron chi connectivity index (χ1n) is 9.19. The molecule has 2 aromatic carbocycles. The fourth-order valence-corrected chi connectivity index (χ4v) is 2.98. The zero-order valence-electron chi connectivity index (χ0n) is 16.4. The lowest BCUT2D eigenvalue weighted by Gasteiger charge is -2.14. The molecule has 0 bridgehead atoms. The lowest BCUT2D eigenvalue weighted by molar-refractivity contribution is 0.0926. The summed E-state index contributed by atoms with van der Waals surface area (Å²) in [7, 11) is 0. The third kappa shape index (κ3) is 5.78. The monoisotopic (exact) mass is 446 g/mol. The van der Waals surface area contributed by atoms with Gasteiger partial charge in [0.05, 0.1) is 17.8 Å². The van der Waals surface area contributed by atoms with Crippen molar-refractivity contribution in [2.45, 2.75) is 20.5 Å². The summed E-state index contributed by atoms with van der Waals surface area (Å²) in [6.07, 6.45) is 1.46. The molecule has 0 aliphatic carbocycles. The maximum atomic E-state index is 12.0. The second-order valence-electron chi connectivity index (χ2n) is 6.29. The number of nitrogens with one attached hydrogen (secondary N) is 1. The Hall–Kier alpha value is -2.96. The molecule has 3 rings (SSSR count). The van der Waals surface area contributed by atoms with Gasteiger partial charge in [0.25, 0.3) is 0 Å². The average molecular weight is 447 g/mol. The van der Waals surface area contributed by atoms with E-state index in [2.05, 4.69) is 10.5 Å². The van der Waals surface area contributed by atoms with E-state index >= 15 is 0 Å². The minimum absolute atomic E-state index is 0.184. The molecule has 30 heavy (non-hydrogen) atoms. The van der Waals surface area contributed by atoms with E-state index in [-0.39, 0.29) is 5.76 Å². The van der Waals surface area contributed by atoms with Crippen LogP contribution in [0.3, 0.4) is 0 Å². The highest BCUT2D eigenvalue weighted by molar-refractivity contribution is 6.32. The number of benzene rings is 2. The maximum absolute atomic E-state index is 12.0. The fourth-order valence-electron chi connectivity index (χ4n) is 2.58. The van der Waals surface area contributed by atoms with E-state index in [0.717, 1.165) is 5.56 Å². The molecule has 0 radical (unpaired) electrons. The van der Waals surface area contributed by atoms with Crippen LogP contribution in [0, 0.1) is 6.92 Å². The van der Waals surface area contributed by atoms with Crippen LogP contribution < -0.4 is 14.9 Å². The van der Waals surface area contributed by atoms with Crippen molar-refractivity contribution in [3.05, 3.63) is 81.2 Å². The Labute approximate surface area is 184 Å². The molecule has 1 heterocycles. The van der Waals surface area contributed by atoms with E-state index in [1.807, 2.05) is 19.1 Å². The molecule has 0 fully saturated rings. The normalized spacial score (nSPS) is 10.9. The summed E-state index contributed by atoms with van der Waals surface area (Å²) in [5, 5.41) is 4.97. The molecule has 8 heteroatoms. The van der Waals surface area contributed by atoms with Crippen LogP contribution >= 0.6 is 23.2 Å². The predicted molar refractivity (Wildman–Crippen MR) is 117 cm³/mol. The molecule has 1 N–H and O–H groups in total. The molecule has 3 aromatic rings. The number of amides is 1. The highest BCUT2D eigenvalue weighted by Crippen LogP contribution is 2.37. The van der Waals surface area contributed by atoms with Crippen molar-refractivity contribution in [1.29, 1.82) is 0 Å². The van der Waals surface area contributed by atoms with Crippen LogP contribution in [0.5, 0.6) is 11.5 Å². The van der Waals surface area contributed by atoms with Gasteiger partial charge in [0.15, 0.2) is 17.3 Å². The van der Waals surface area contributed by atoms with Crippen LogP contribution in [0.15, 0.2) is 58.0 Å². The molecule has 0 atom stereocenters. The Balaban J connectivity index is 1.71. The average Bonchev–Trinajstić information content (AvgIpc) is 3.15. The largest absolute Gasteiger partial charge is 0.490 e. The van der Waals surface area contributed by atoms with Gasteiger partial charge in [-0.15, -0.1) is 0 Å². The van der Waals surface area contributed by atoms with Crippen molar-refractivity contribution in [3.63, 3.8) is 0 Å². The number of nitrogens with zero attached hydrogens (tertiary/aromatic N) is 1. The molecular weight excluding hydrogens is 427 g/mol. The topological polar surface area (TPSA) is 73.1 Å². The van der Waals surface area contributed by atoms with Gasteiger partial charge >= 0.3 is 5.91 Å². The molecule has 0 aliphatic heterocycles. The summed E-state index contributed by atoms with van der Waals surface area (Å²) < 4.78 is 16.8. The van der Waals surface area contributed by atoms with E-state index in [1.165, 1.54) is 6.21 Å². The molecular formula is C22H20Cl2N2O4. The summed E-state index contributed by atoms with van der Waals surface area (Å²) in [5.41, 5.74) is 3.99. The lowest BCUT2D eigenvalue weighted by Crippen LogP contribution is -2.16. The van der Waals surface area contributed by atoms with Crippen molar-refractivity contribution >= 4 is 35.3 Å². The predicted octanol–water partition coefficient (Wildman–Crippen LogP) is 5.64. The van der Waals surface area contributed by atoms with Gasteiger partial charge in [0.1, 0.15) is 12.4 Å². The highest BCUT2D eigenvalue weighted by Gasteiger charge is 2.13. The zero-order chi connectivity index (χ0) is 21.5. The second-order valence-corrected chi connectivity index (χ2v) is 7.13. The Morgan fingerprint density at radius 1 is 1.13 bits per heavy atom. The first-order valence-corrected chi connectivity index (χ1v) is 9.95. The highest BCUT2D eigenvalue weighted by atomic mass is 35.5. The first kappa shape index (κ1) is 21.7. The standard InChI is InChI=1S/C22H20Cl2N2O4/c1-3-28-20-11-16(12-25-26-22(27)19-9-4-14(2)30-19)10-18(24)21(20)29-13-15-5-7-17(23)8-6-15/h4-12H,3,13H2,1-2H3,(H,26,27)/b25-12+. The Morgan fingerprint density at radius 2 is 1.90 bits per heavy atom. The number of rotatable bonds is 8. The van der Waals surface area contributed by atoms with Crippen molar-refractivity contribution in [1.82, 2.24) is 5.43 Å². The van der Waals surface area contributed by atoms with Crippen LogP contribution in [-0.4, -0.2) is 18.7 Å². The van der Waals surface area contributed by atoms with Gasteiger partial charge in [-0.05, 0) is 61.4 Å². The third-order valence-corrected chi connectivity index (χ3v) is 4.50. The number of carbonyl (C=O) groups excluding carboxylic acids is 1. The fraction of sp³-hybridized carbons (Fsp3) is 0.182. The molecule has 6 nitrogen and oxygen atoms in total. The van der Waals surface area contributed by atoms with Gasteiger partial charge in [0.2, 0.25) is 0 Å². The summed E-state index contributed by atoms with van der Waals surface area (Å²) in [4.78, 5) is 12.0. The Morgan fingerprint density at radius 3 is 2.57 bits per heavy atom. The van der Waals surface area contributed by atoms with Crippen LogP contribution in [0.1, 0.15) is 34.4 Å². The molecule has 156 valence electrons. The molecule has 1 amide bonds. The summed E-state index contributed by atoms with van der Waals surface area (Å²) in [6.45, 7) is 4.36. The summed E-state index contributed by atoms with van der Waals surface area (Å²) >= 11 is 12.3. The van der Waals surface area contributed by atoms with Gasteiger partial charge in [-0.25, -0.2) is 5.43 Å². The number of hydrogen-bond acceptors (Lipinski definition) is 5. The van der Waals surface area contributed by atoms with Gasteiger partial charge in [-0.2, -0.15) is 5.10 Å². The van der Waals surface area contributed by atoms with Crippen molar-refractivity contribution < 1.29 is 18.7 Å². The van der Waals surface area contributed by atoms with E-state index in [4.69, 9.17) is 37.1 Å². The number of halogens is 2. The van der Waals surface area contributed by atoms with E-state index < -0.39 is 5.91 Å². The van der Waals surface area contributed by atoms with Gasteiger partial charge in [0, 0.05) is 5.02 Å². The Kier molecular flexibility index (Phi) is 7.38. The SMILES string of the molecule is CCOc1cc(/C=N/NC(=O)c2ccc(C)o2)cc(Cl)c1OCc1ccc(Cl)cc1. The van der Waals surface area contributed by atoms with E-state index in [1.54, 1.807) is 43.3 Å². The summed E-state index contributed by atoms with van der Waals surface area (Å²) in [5.74, 6) is 1.29. The molecule has 0 saturated heterocycles. The lowest BCUT2D eigenvalue weighted by atomic mass is 10.2. The third-order valence-electron chi connectivity index (χ3n) is 3.97. The minimum Gasteiger partial charge on any atom is -0.490 e. The van der Waals surface area contributed by atoms with Crippen molar-refractivity contribution in [3.8, 4) is 11.5 Å². The molecule has 0 unspecified atom stereocenters. The maximum Gasteiger partial charge on any atom is 0.307 e. The number of furan rings is 1. The quantitative estimate of drug-likeness (QED) is 0.359. The molecule has 0 saturated carbocycles. The minimum atomic E-state index is -0.446. The van der Waals surface area contributed by atoms with Crippen LogP contribution in [-0.2, 0) is 6.61 Å². The van der Waals surface area contributed by atoms with Gasteiger partial charge in [-0.3, -0.25) is 4.79 Å². The Bertz CT molecular complexity index is 1050. The number of ether oxygens (including phenoxy) is 2. The second kappa shape index (κ2) is 10.2. The number of hydrazone groups is 1. The van der Waals surface area contributed by atoms with Crippen LogP contribution in [0.2, 0.25) is 10.0 Å². The van der Waals surface area contributed by atoms with Crippen LogP contribution in [0.25, 0.3) is 0 Å². The van der Waals surface area contributed by atoms with E-state index in [0.29, 0.717) is 46.1 Å². The number of aryl methyl sites for hydroxylation is 1. The van der Waals surface area contributed by atoms with Crippen molar-refractivity contribution in [2.75, 3.05) is 6.61 Å². The smallest absolute Gasteiger partial charge is 0.307 e. The first-order chi connectivity index (χ1) is 14.5. The van der Waals surface area contributed by atoms with Crippen molar-refractivity contribution in [2.24, 2.45) is 5.10 Å². The molecule has 0 aliphatic rings. The van der Waals surface area contributed by atoms with Gasteiger partial charge < -0.3 is 13.9 Å². The zero-order valence-corrected chi connectivity index (χ0v) is 18.0. The van der Waals surface area contributed by atoms with E-state index in [9.17, 15) is 4.79 Å². The molecule has 1 aromatic heterocycles.